The quantitative estimate of drug-likeness (QED) is 0.210. The highest BCUT2D eigenvalue weighted by molar-refractivity contribution is 9.10. The fourth-order valence-electron chi connectivity index (χ4n) is 3.80. The summed E-state index contributed by atoms with van der Waals surface area (Å²) in [7, 11) is 1.58. The first-order chi connectivity index (χ1) is 18.1. The van der Waals surface area contributed by atoms with E-state index in [1.165, 1.54) is 0 Å². The fourth-order valence-corrected chi connectivity index (χ4v) is 4.35. The van der Waals surface area contributed by atoms with Gasteiger partial charge in [0.2, 0.25) is 0 Å². The Morgan fingerprint density at radius 3 is 2.08 bits per heavy atom. The molecule has 4 aromatic rings. The molecular formula is C31H29BrO5. The lowest BCUT2D eigenvalue weighted by Gasteiger charge is -2.16. The van der Waals surface area contributed by atoms with Gasteiger partial charge in [0.25, 0.3) is 0 Å². The minimum atomic E-state index is -0.917. The second-order valence-electron chi connectivity index (χ2n) is 8.40. The molecular weight excluding hydrogens is 532 g/mol. The van der Waals surface area contributed by atoms with Crippen molar-refractivity contribution < 1.29 is 24.4 Å². The molecule has 1 unspecified atom stereocenters. The van der Waals surface area contributed by atoms with Crippen LogP contribution in [-0.4, -0.2) is 17.3 Å². The lowest BCUT2D eigenvalue weighted by Crippen LogP contribution is -2.01. The van der Waals surface area contributed by atoms with Crippen LogP contribution in [0.4, 0.5) is 0 Å². The Hall–Kier alpha value is -3.58. The van der Waals surface area contributed by atoms with Crippen LogP contribution in [0.25, 0.3) is 6.08 Å². The maximum absolute atomic E-state index is 11.0. The number of benzene rings is 4. The van der Waals surface area contributed by atoms with E-state index in [0.717, 1.165) is 16.7 Å². The number of ether oxygens (including phenoxy) is 3. The van der Waals surface area contributed by atoms with Crippen molar-refractivity contribution in [1.29, 1.82) is 0 Å². The van der Waals surface area contributed by atoms with Crippen molar-refractivity contribution in [2.24, 2.45) is 0 Å². The number of methoxy groups -OCH3 is 1. The Balaban J connectivity index is 1.48. The van der Waals surface area contributed by atoms with E-state index in [1.807, 2.05) is 78.9 Å². The molecule has 5 nitrogen and oxygen atoms in total. The maximum atomic E-state index is 11.0. The van der Waals surface area contributed by atoms with Crippen molar-refractivity contribution >= 4 is 22.0 Å². The zero-order chi connectivity index (χ0) is 26.0. The summed E-state index contributed by atoms with van der Waals surface area (Å²) in [4.78, 5) is 0. The van der Waals surface area contributed by atoms with E-state index in [4.69, 9.17) is 14.2 Å². The summed E-state index contributed by atoms with van der Waals surface area (Å²) in [5, 5.41) is 20.9. The molecule has 0 aromatic heterocycles. The number of rotatable bonds is 11. The molecule has 4 aromatic carbocycles. The number of halogens is 1. The average Bonchev–Trinajstić information content (AvgIpc) is 2.95. The van der Waals surface area contributed by atoms with E-state index >= 15 is 0 Å². The minimum Gasteiger partial charge on any atom is -0.493 e. The minimum absolute atomic E-state index is 0.151. The highest BCUT2D eigenvalue weighted by Gasteiger charge is 2.15. The molecule has 0 aliphatic carbocycles. The summed E-state index contributed by atoms with van der Waals surface area (Å²) in [5.41, 5.74) is 4.22. The van der Waals surface area contributed by atoms with Gasteiger partial charge in [-0.2, -0.15) is 0 Å². The van der Waals surface area contributed by atoms with Crippen LogP contribution in [0.2, 0.25) is 0 Å². The van der Waals surface area contributed by atoms with Gasteiger partial charge in [0.1, 0.15) is 19.0 Å². The summed E-state index contributed by atoms with van der Waals surface area (Å²) in [6.07, 6.45) is 2.55. The lowest BCUT2D eigenvalue weighted by molar-refractivity contribution is 0.226. The maximum Gasteiger partial charge on any atom is 0.162 e. The van der Waals surface area contributed by atoms with Crippen LogP contribution in [0.1, 0.15) is 33.9 Å². The number of aliphatic hydroxyl groups excluding tert-OH is 2. The van der Waals surface area contributed by atoms with Gasteiger partial charge in [-0.3, -0.25) is 0 Å². The number of hydrogen-bond acceptors (Lipinski definition) is 5. The standard InChI is InChI=1S/C31H29BrO5/c1-35-30-18-28(32)27(17-31(30)37-21-23-10-6-3-7-11-23)29(34)15-13-24-12-14-26(16-25(24)19-33)36-20-22-8-4-2-5-9-22/h2-18,29,33-34H,19-21H2,1H3/b15-13+. The molecule has 2 N–H and O–H groups in total. The molecule has 0 spiro atoms. The summed E-state index contributed by atoms with van der Waals surface area (Å²) >= 11 is 3.53. The number of aliphatic hydroxyl groups is 2. The van der Waals surface area contributed by atoms with Crippen LogP contribution in [0, 0.1) is 0 Å². The third kappa shape index (κ3) is 7.23. The van der Waals surface area contributed by atoms with E-state index in [0.29, 0.717) is 46.1 Å². The zero-order valence-electron chi connectivity index (χ0n) is 20.5. The van der Waals surface area contributed by atoms with Crippen LogP contribution in [0.15, 0.2) is 102 Å². The van der Waals surface area contributed by atoms with Gasteiger partial charge in [0.05, 0.1) is 19.8 Å². The highest BCUT2D eigenvalue weighted by atomic mass is 79.9. The van der Waals surface area contributed by atoms with Crippen molar-refractivity contribution in [3.8, 4) is 17.2 Å². The van der Waals surface area contributed by atoms with Gasteiger partial charge >= 0.3 is 0 Å². The average molecular weight is 561 g/mol. The summed E-state index contributed by atoms with van der Waals surface area (Å²) in [5.74, 6) is 1.77. The van der Waals surface area contributed by atoms with Gasteiger partial charge in [-0.1, -0.05) is 94.8 Å². The van der Waals surface area contributed by atoms with Gasteiger partial charge in [0, 0.05) is 10.0 Å². The monoisotopic (exact) mass is 560 g/mol. The van der Waals surface area contributed by atoms with E-state index < -0.39 is 6.10 Å². The van der Waals surface area contributed by atoms with Crippen molar-refractivity contribution in [3.63, 3.8) is 0 Å². The first kappa shape index (κ1) is 26.5. The van der Waals surface area contributed by atoms with Gasteiger partial charge in [-0.05, 0) is 46.5 Å². The molecule has 190 valence electrons. The summed E-state index contributed by atoms with van der Waals surface area (Å²) in [6.45, 7) is 0.671. The largest absolute Gasteiger partial charge is 0.493 e. The third-order valence-electron chi connectivity index (χ3n) is 5.83. The topological polar surface area (TPSA) is 68.2 Å². The van der Waals surface area contributed by atoms with E-state index in [1.54, 1.807) is 31.4 Å². The normalized spacial score (nSPS) is 11.9. The van der Waals surface area contributed by atoms with E-state index in [2.05, 4.69) is 15.9 Å². The predicted octanol–water partition coefficient (Wildman–Crippen LogP) is 6.85. The van der Waals surface area contributed by atoms with Crippen molar-refractivity contribution in [2.45, 2.75) is 25.9 Å². The SMILES string of the molecule is COc1cc(Br)c(C(O)/C=C/c2ccc(OCc3ccccc3)cc2CO)cc1OCc1ccccc1. The first-order valence-corrected chi connectivity index (χ1v) is 12.7. The lowest BCUT2D eigenvalue weighted by atomic mass is 10.0. The Labute approximate surface area is 225 Å². The van der Waals surface area contributed by atoms with Crippen LogP contribution in [0.5, 0.6) is 17.2 Å². The zero-order valence-corrected chi connectivity index (χ0v) is 22.1. The molecule has 0 aliphatic rings. The van der Waals surface area contributed by atoms with E-state index in [-0.39, 0.29) is 6.61 Å². The van der Waals surface area contributed by atoms with Crippen LogP contribution in [0.3, 0.4) is 0 Å². The van der Waals surface area contributed by atoms with Crippen molar-refractivity contribution in [1.82, 2.24) is 0 Å². The van der Waals surface area contributed by atoms with Crippen molar-refractivity contribution in [2.75, 3.05) is 7.11 Å². The molecule has 6 heteroatoms. The Morgan fingerprint density at radius 2 is 1.46 bits per heavy atom. The smallest absolute Gasteiger partial charge is 0.162 e. The van der Waals surface area contributed by atoms with Gasteiger partial charge in [0.15, 0.2) is 11.5 Å². The Kier molecular flexibility index (Phi) is 9.38. The molecule has 1 atom stereocenters. The second-order valence-corrected chi connectivity index (χ2v) is 9.25. The van der Waals surface area contributed by atoms with Crippen LogP contribution < -0.4 is 14.2 Å². The summed E-state index contributed by atoms with van der Waals surface area (Å²) < 4.78 is 18.0. The molecule has 37 heavy (non-hydrogen) atoms. The molecule has 4 rings (SSSR count). The molecule has 0 saturated carbocycles. The molecule has 0 radical (unpaired) electrons. The third-order valence-corrected chi connectivity index (χ3v) is 6.52. The van der Waals surface area contributed by atoms with Gasteiger partial charge in [-0.15, -0.1) is 0 Å². The van der Waals surface area contributed by atoms with Crippen molar-refractivity contribution in [3.05, 3.63) is 129 Å². The van der Waals surface area contributed by atoms with Gasteiger partial charge < -0.3 is 24.4 Å². The molecule has 0 heterocycles. The summed E-state index contributed by atoms with van der Waals surface area (Å²) in [6, 6.07) is 28.8. The fraction of sp³-hybridized carbons (Fsp3) is 0.161. The Morgan fingerprint density at radius 1 is 0.811 bits per heavy atom. The molecule has 0 bridgehead atoms. The first-order valence-electron chi connectivity index (χ1n) is 11.9. The van der Waals surface area contributed by atoms with E-state index in [9.17, 15) is 10.2 Å². The Bertz CT molecular complexity index is 1320. The molecule has 0 aliphatic heterocycles. The molecule has 0 fully saturated rings. The van der Waals surface area contributed by atoms with Crippen LogP contribution >= 0.6 is 15.9 Å². The highest BCUT2D eigenvalue weighted by Crippen LogP contribution is 2.37. The molecule has 0 saturated heterocycles. The second kappa shape index (κ2) is 13.1. The van der Waals surface area contributed by atoms with Crippen LogP contribution in [-0.2, 0) is 19.8 Å². The predicted molar refractivity (Wildman–Crippen MR) is 149 cm³/mol. The number of hydrogen-bond donors (Lipinski definition) is 2. The molecule has 0 amide bonds. The van der Waals surface area contributed by atoms with Gasteiger partial charge in [-0.25, -0.2) is 0 Å².